The molecule has 2 bridgehead atoms. The minimum absolute atomic E-state index is 0.0628. The zero-order valence-corrected chi connectivity index (χ0v) is 23.5. The Labute approximate surface area is 246 Å². The quantitative estimate of drug-likeness (QED) is 0.280. The second-order valence-corrected chi connectivity index (χ2v) is 12.6. The fourth-order valence-electron chi connectivity index (χ4n) is 8.49. The summed E-state index contributed by atoms with van der Waals surface area (Å²) in [7, 11) is 1.62. The van der Waals surface area contributed by atoms with Crippen LogP contribution in [0.5, 0.6) is 17.2 Å². The van der Waals surface area contributed by atoms with Gasteiger partial charge in [-0.1, -0.05) is 18.2 Å². The molecule has 12 heteroatoms. The molecule has 2 aromatic rings. The van der Waals surface area contributed by atoms with Crippen molar-refractivity contribution in [2.24, 2.45) is 5.92 Å². The third kappa shape index (κ3) is 4.20. The van der Waals surface area contributed by atoms with Crippen molar-refractivity contribution < 1.29 is 37.5 Å². The molecule has 2 aliphatic heterocycles. The lowest BCUT2D eigenvalue weighted by molar-refractivity contribution is -0.606. The number of hydrogen-bond donors (Lipinski definition) is 1. The topological polar surface area (TPSA) is 105 Å². The highest BCUT2D eigenvalue weighted by atomic mass is 19.4. The van der Waals surface area contributed by atoms with Crippen molar-refractivity contribution in [3.8, 4) is 17.2 Å². The molecule has 1 spiro atoms. The number of nitro groups is 1. The van der Waals surface area contributed by atoms with Gasteiger partial charge in [-0.05, 0) is 80.0 Å². The van der Waals surface area contributed by atoms with Crippen LogP contribution in [0, 0.1) is 16.0 Å². The predicted octanol–water partition coefficient (Wildman–Crippen LogP) is 4.68. The van der Waals surface area contributed by atoms with E-state index in [1.807, 2.05) is 6.07 Å². The first kappa shape index (κ1) is 28.0. The van der Waals surface area contributed by atoms with Gasteiger partial charge in [-0.15, -0.1) is 13.2 Å². The summed E-state index contributed by atoms with van der Waals surface area (Å²) in [6, 6.07) is 7.90. The summed E-state index contributed by atoms with van der Waals surface area (Å²) >= 11 is 0. The van der Waals surface area contributed by atoms with E-state index in [1.54, 1.807) is 19.2 Å². The van der Waals surface area contributed by atoms with E-state index in [9.17, 15) is 33.2 Å². The number of ether oxygens (including phenoxy) is 2. The number of nitrogens with zero attached hydrogens (tertiary/aromatic N) is 3. The lowest BCUT2D eigenvalue weighted by Gasteiger charge is -2.61. The zero-order chi connectivity index (χ0) is 30.3. The van der Waals surface area contributed by atoms with E-state index in [1.165, 1.54) is 35.3 Å². The maximum absolute atomic E-state index is 13.5. The number of rotatable bonds is 7. The Hall–Kier alpha value is -3.80. The van der Waals surface area contributed by atoms with Crippen LogP contribution in [-0.2, 0) is 16.6 Å². The van der Waals surface area contributed by atoms with Crippen LogP contribution in [0.3, 0.4) is 0 Å². The van der Waals surface area contributed by atoms with Crippen LogP contribution in [0.15, 0.2) is 42.5 Å². The molecule has 0 radical (unpaired) electrons. The first-order valence-electron chi connectivity index (χ1n) is 14.7. The smallest absolute Gasteiger partial charge is 0.504 e. The number of piperidine rings is 1. The van der Waals surface area contributed by atoms with Crippen LogP contribution in [0.25, 0.3) is 6.08 Å². The van der Waals surface area contributed by atoms with Crippen molar-refractivity contribution >= 4 is 12.0 Å². The van der Waals surface area contributed by atoms with Crippen LogP contribution in [0.1, 0.15) is 48.8 Å². The number of phenolic OH excluding ortho intramolecular Hbond substituents is 1. The van der Waals surface area contributed by atoms with Crippen molar-refractivity contribution in [1.29, 1.82) is 0 Å². The minimum atomic E-state index is -4.84. The molecule has 2 aromatic carbocycles. The number of phenols is 1. The molecular weight excluding hydrogens is 567 g/mol. The third-order valence-electron chi connectivity index (χ3n) is 10.4. The molecule has 0 unspecified atom stereocenters. The number of halogens is 3. The van der Waals surface area contributed by atoms with Gasteiger partial charge in [0.25, 0.3) is 5.54 Å². The van der Waals surface area contributed by atoms with Gasteiger partial charge in [0.15, 0.2) is 11.5 Å². The molecule has 0 aromatic heterocycles. The highest BCUT2D eigenvalue weighted by Gasteiger charge is 2.80. The van der Waals surface area contributed by atoms with E-state index >= 15 is 0 Å². The maximum Gasteiger partial charge on any atom is 0.573 e. The number of alkyl halides is 3. The molecule has 7 rings (SSSR count). The SMILES string of the molecule is CN(C(=O)C=Cc1cccc(OC(F)(F)F)c1)[C@@H]1CC[C@@]2([N+](=O)[O-])[C@H]3Cc4ccc(O)c5c4[C@@]2(CCN3CC2CC2)[C@H]1O5. The van der Waals surface area contributed by atoms with Gasteiger partial charge in [0.2, 0.25) is 5.91 Å². The number of hydrogen-bond acceptors (Lipinski definition) is 7. The Balaban J connectivity index is 1.22. The highest BCUT2D eigenvalue weighted by Crippen LogP contribution is 2.67. The van der Waals surface area contributed by atoms with E-state index in [2.05, 4.69) is 9.64 Å². The van der Waals surface area contributed by atoms with Crippen LogP contribution in [0.2, 0.25) is 0 Å². The lowest BCUT2D eigenvalue weighted by Crippen LogP contribution is -2.80. The van der Waals surface area contributed by atoms with Crippen LogP contribution in [-0.4, -0.2) is 76.0 Å². The van der Waals surface area contributed by atoms with Gasteiger partial charge in [-0.25, -0.2) is 0 Å². The van der Waals surface area contributed by atoms with Crippen LogP contribution >= 0.6 is 0 Å². The largest absolute Gasteiger partial charge is 0.573 e. The number of aromatic hydroxyl groups is 1. The fourth-order valence-corrected chi connectivity index (χ4v) is 8.49. The standard InChI is InChI=1S/C31H32F3N3O6/c1-35(25(39)10-7-18-3-2-4-21(15-18)43-31(32,33)34)22-11-12-30(37(40)41)24-16-20-8-9-23(38)27-26(20)29(30,28(22)42-27)13-14-36(24)17-19-5-6-19/h2-4,7-10,15,19,22,24,28,38H,5-6,11-14,16-17H2,1H3/t22-,24-,28+,29+,30-/m1/s1. The Morgan fingerprint density at radius 2 is 2.05 bits per heavy atom. The predicted molar refractivity (Wildman–Crippen MR) is 148 cm³/mol. The van der Waals surface area contributed by atoms with Crippen molar-refractivity contribution in [2.75, 3.05) is 20.1 Å². The van der Waals surface area contributed by atoms with Crippen LogP contribution < -0.4 is 9.47 Å². The van der Waals surface area contributed by atoms with E-state index in [4.69, 9.17) is 4.74 Å². The second-order valence-electron chi connectivity index (χ2n) is 12.6. The van der Waals surface area contributed by atoms with Crippen molar-refractivity contribution in [3.05, 3.63) is 69.3 Å². The van der Waals surface area contributed by atoms with Crippen molar-refractivity contribution in [2.45, 2.75) is 74.0 Å². The first-order valence-corrected chi connectivity index (χ1v) is 14.7. The molecule has 3 aliphatic carbocycles. The summed E-state index contributed by atoms with van der Waals surface area (Å²) in [4.78, 5) is 30.5. The number of likely N-dealkylation sites (N-methyl/N-ethyl adjacent to an activating group) is 1. The van der Waals surface area contributed by atoms with Crippen LogP contribution in [0.4, 0.5) is 13.2 Å². The first-order chi connectivity index (χ1) is 20.4. The Kier molecular flexibility index (Phi) is 6.25. The molecule has 5 atom stereocenters. The number of benzene rings is 2. The summed E-state index contributed by atoms with van der Waals surface area (Å²) in [5, 5.41) is 24.2. The summed E-state index contributed by atoms with van der Waals surface area (Å²) in [6.07, 6.45) is 0.948. The highest BCUT2D eigenvalue weighted by molar-refractivity contribution is 5.92. The molecule has 5 aliphatic rings. The number of carbonyl (C=O) groups excluding carboxylic acids is 1. The molecule has 2 saturated carbocycles. The van der Waals surface area contributed by atoms with Gasteiger partial charge < -0.3 is 19.5 Å². The molecular formula is C31H32F3N3O6. The lowest BCUT2D eigenvalue weighted by atomic mass is 9.46. The summed E-state index contributed by atoms with van der Waals surface area (Å²) in [6.45, 7) is 1.51. The summed E-state index contributed by atoms with van der Waals surface area (Å²) in [5.74, 6) is -0.0251. The molecule has 228 valence electrons. The minimum Gasteiger partial charge on any atom is -0.504 e. The average molecular weight is 600 g/mol. The van der Waals surface area contributed by atoms with Crippen molar-refractivity contribution in [3.63, 3.8) is 0 Å². The molecule has 1 saturated heterocycles. The molecule has 2 heterocycles. The normalized spacial score (nSPS) is 30.9. The Morgan fingerprint density at radius 1 is 1.26 bits per heavy atom. The Bertz CT molecular complexity index is 1530. The number of carbonyl (C=O) groups is 1. The van der Waals surface area contributed by atoms with Gasteiger partial charge in [0, 0.05) is 36.6 Å². The fraction of sp³-hybridized carbons (Fsp3) is 0.516. The molecule has 1 N–H and O–H groups in total. The Morgan fingerprint density at radius 3 is 2.77 bits per heavy atom. The van der Waals surface area contributed by atoms with E-state index in [-0.39, 0.29) is 28.9 Å². The molecule has 43 heavy (non-hydrogen) atoms. The summed E-state index contributed by atoms with van der Waals surface area (Å²) in [5.41, 5.74) is -0.331. The van der Waals surface area contributed by atoms with Crippen molar-refractivity contribution in [1.82, 2.24) is 9.80 Å². The molecule has 9 nitrogen and oxygen atoms in total. The third-order valence-corrected chi connectivity index (χ3v) is 10.4. The van der Waals surface area contributed by atoms with E-state index < -0.39 is 41.1 Å². The monoisotopic (exact) mass is 599 g/mol. The molecule has 3 fully saturated rings. The van der Waals surface area contributed by atoms with E-state index in [0.717, 1.165) is 30.5 Å². The van der Waals surface area contributed by atoms with Gasteiger partial charge in [-0.2, -0.15) is 0 Å². The molecule has 1 amide bonds. The number of likely N-dealkylation sites (tertiary alicyclic amines) is 1. The second kappa shape index (κ2) is 9.60. The maximum atomic E-state index is 13.5. The number of amides is 1. The summed E-state index contributed by atoms with van der Waals surface area (Å²) < 4.78 is 48.5. The zero-order valence-electron chi connectivity index (χ0n) is 23.5. The van der Waals surface area contributed by atoms with E-state index in [0.29, 0.717) is 37.3 Å². The van der Waals surface area contributed by atoms with Gasteiger partial charge >= 0.3 is 6.36 Å². The van der Waals surface area contributed by atoms with Gasteiger partial charge in [0.05, 0.1) is 12.1 Å². The average Bonchev–Trinajstić information content (AvgIpc) is 3.70. The van der Waals surface area contributed by atoms with Gasteiger partial charge in [-0.3, -0.25) is 19.8 Å². The van der Waals surface area contributed by atoms with Gasteiger partial charge in [0.1, 0.15) is 17.3 Å².